The highest BCUT2D eigenvalue weighted by molar-refractivity contribution is 5.93. The number of aryl methyl sites for hydroxylation is 1. The largest absolute Gasteiger partial charge is 0.326 e. The van der Waals surface area contributed by atoms with Crippen molar-refractivity contribution >= 4 is 17.3 Å². The minimum absolute atomic E-state index is 0.0143. The van der Waals surface area contributed by atoms with Gasteiger partial charge in [0.05, 0.1) is 4.92 Å². The van der Waals surface area contributed by atoms with Crippen molar-refractivity contribution in [2.24, 2.45) is 5.92 Å². The summed E-state index contributed by atoms with van der Waals surface area (Å²) in [5.41, 5.74) is 1.37. The van der Waals surface area contributed by atoms with Crippen molar-refractivity contribution in [2.75, 3.05) is 5.32 Å². The van der Waals surface area contributed by atoms with Gasteiger partial charge in [-0.1, -0.05) is 13.8 Å². The van der Waals surface area contributed by atoms with Crippen LogP contribution in [0.1, 0.15) is 32.3 Å². The maximum absolute atomic E-state index is 11.9. The zero-order valence-corrected chi connectivity index (χ0v) is 10.9. The molecule has 0 spiro atoms. The molecule has 1 aromatic carbocycles. The topological polar surface area (TPSA) is 72.2 Å². The number of non-ortho nitro benzene ring substituents is 1. The molecule has 0 aromatic heterocycles. The van der Waals surface area contributed by atoms with Crippen molar-refractivity contribution in [1.29, 1.82) is 0 Å². The molecule has 98 valence electrons. The molecule has 1 N–H and O–H groups in total. The minimum atomic E-state index is -0.445. The molecule has 1 rings (SSSR count). The van der Waals surface area contributed by atoms with Gasteiger partial charge in [0, 0.05) is 23.7 Å². The summed E-state index contributed by atoms with van der Waals surface area (Å²) < 4.78 is 0. The molecule has 0 radical (unpaired) electrons. The average Bonchev–Trinajstić information content (AvgIpc) is 2.33. The number of carbonyl (C=O) groups excluding carboxylic acids is 1. The number of anilines is 1. The van der Waals surface area contributed by atoms with E-state index in [1.54, 1.807) is 13.0 Å². The lowest BCUT2D eigenvalue weighted by Crippen LogP contribution is -2.22. The van der Waals surface area contributed by atoms with E-state index < -0.39 is 4.92 Å². The summed E-state index contributed by atoms with van der Waals surface area (Å²) in [7, 11) is 0. The third-order valence-corrected chi connectivity index (χ3v) is 3.04. The van der Waals surface area contributed by atoms with Gasteiger partial charge in [0.15, 0.2) is 0 Å². The lowest BCUT2D eigenvalue weighted by molar-refractivity contribution is -0.384. The van der Waals surface area contributed by atoms with Gasteiger partial charge >= 0.3 is 0 Å². The Morgan fingerprint density at radius 2 is 2.00 bits per heavy atom. The number of carbonyl (C=O) groups is 1. The smallest absolute Gasteiger partial charge is 0.269 e. The monoisotopic (exact) mass is 250 g/mol. The van der Waals surface area contributed by atoms with Crippen LogP contribution < -0.4 is 5.32 Å². The summed E-state index contributed by atoms with van der Waals surface area (Å²) in [6.07, 6.45) is 1.57. The summed E-state index contributed by atoms with van der Waals surface area (Å²) >= 11 is 0. The van der Waals surface area contributed by atoms with Crippen LogP contribution in [0.4, 0.5) is 11.4 Å². The molecule has 0 aliphatic heterocycles. The number of rotatable bonds is 5. The molecule has 0 aliphatic rings. The molecule has 0 heterocycles. The molecule has 5 heteroatoms. The Morgan fingerprint density at radius 3 is 2.44 bits per heavy atom. The Morgan fingerprint density at radius 1 is 1.39 bits per heavy atom. The Hall–Kier alpha value is -1.91. The van der Waals surface area contributed by atoms with Crippen molar-refractivity contribution in [1.82, 2.24) is 0 Å². The van der Waals surface area contributed by atoms with E-state index in [0.717, 1.165) is 12.8 Å². The van der Waals surface area contributed by atoms with Crippen molar-refractivity contribution in [3.8, 4) is 0 Å². The van der Waals surface area contributed by atoms with Gasteiger partial charge in [-0.05, 0) is 31.4 Å². The van der Waals surface area contributed by atoms with E-state index in [0.29, 0.717) is 11.3 Å². The van der Waals surface area contributed by atoms with Gasteiger partial charge in [-0.2, -0.15) is 0 Å². The lowest BCUT2D eigenvalue weighted by Gasteiger charge is -2.14. The van der Waals surface area contributed by atoms with Crippen molar-refractivity contribution in [2.45, 2.75) is 33.6 Å². The molecule has 0 fully saturated rings. The summed E-state index contributed by atoms with van der Waals surface area (Å²) in [4.78, 5) is 22.1. The van der Waals surface area contributed by atoms with Crippen LogP contribution in [0.5, 0.6) is 0 Å². The van der Waals surface area contributed by atoms with Gasteiger partial charge < -0.3 is 5.32 Å². The molecule has 0 aliphatic carbocycles. The SMILES string of the molecule is CCC(CC)C(=O)Nc1ccc([N+](=O)[O-])cc1C. The fourth-order valence-electron chi connectivity index (χ4n) is 1.80. The van der Waals surface area contributed by atoms with E-state index in [1.165, 1.54) is 12.1 Å². The highest BCUT2D eigenvalue weighted by Crippen LogP contribution is 2.22. The zero-order chi connectivity index (χ0) is 13.7. The Balaban J connectivity index is 2.86. The first kappa shape index (κ1) is 14.2. The predicted molar refractivity (Wildman–Crippen MR) is 70.5 cm³/mol. The van der Waals surface area contributed by atoms with Crippen LogP contribution in [0, 0.1) is 23.0 Å². The Bertz CT molecular complexity index is 454. The molecule has 18 heavy (non-hydrogen) atoms. The van der Waals surface area contributed by atoms with Gasteiger partial charge in [-0.15, -0.1) is 0 Å². The molecule has 0 saturated carbocycles. The Kier molecular flexibility index (Phi) is 4.83. The quantitative estimate of drug-likeness (QED) is 0.643. The third kappa shape index (κ3) is 3.29. The number of hydrogen-bond acceptors (Lipinski definition) is 3. The van der Waals surface area contributed by atoms with Crippen LogP contribution >= 0.6 is 0 Å². The maximum Gasteiger partial charge on any atom is 0.269 e. The van der Waals surface area contributed by atoms with Crippen LogP contribution in [0.3, 0.4) is 0 Å². The van der Waals surface area contributed by atoms with Crippen molar-refractivity contribution in [3.05, 3.63) is 33.9 Å². The molecule has 0 unspecified atom stereocenters. The number of nitrogens with one attached hydrogen (secondary N) is 1. The molecule has 5 nitrogen and oxygen atoms in total. The number of nitro benzene ring substituents is 1. The molecular weight excluding hydrogens is 232 g/mol. The number of amides is 1. The standard InChI is InChI=1S/C13H18N2O3/c1-4-10(5-2)13(16)14-12-7-6-11(15(17)18)8-9(12)3/h6-8,10H,4-5H2,1-3H3,(H,14,16). The van der Waals surface area contributed by atoms with Crippen LogP contribution in [-0.2, 0) is 4.79 Å². The first-order valence-electron chi connectivity index (χ1n) is 6.05. The summed E-state index contributed by atoms with van der Waals surface area (Å²) in [6.45, 7) is 5.68. The third-order valence-electron chi connectivity index (χ3n) is 3.04. The molecular formula is C13H18N2O3. The van der Waals surface area contributed by atoms with E-state index in [9.17, 15) is 14.9 Å². The number of hydrogen-bond donors (Lipinski definition) is 1. The molecule has 0 atom stereocenters. The molecule has 0 saturated heterocycles. The van der Waals surface area contributed by atoms with Crippen molar-refractivity contribution < 1.29 is 9.72 Å². The van der Waals surface area contributed by atoms with E-state index in [1.807, 2.05) is 13.8 Å². The zero-order valence-electron chi connectivity index (χ0n) is 10.9. The number of benzene rings is 1. The van der Waals surface area contributed by atoms with Crippen LogP contribution in [0.25, 0.3) is 0 Å². The first-order chi connectivity index (χ1) is 8.49. The second-order valence-corrected chi connectivity index (χ2v) is 4.26. The fourth-order valence-corrected chi connectivity index (χ4v) is 1.80. The normalized spacial score (nSPS) is 10.4. The van der Waals surface area contributed by atoms with E-state index in [4.69, 9.17) is 0 Å². The Labute approximate surface area is 106 Å². The summed E-state index contributed by atoms with van der Waals surface area (Å²) in [5, 5.41) is 13.4. The van der Waals surface area contributed by atoms with E-state index in [2.05, 4.69) is 5.32 Å². The van der Waals surface area contributed by atoms with E-state index >= 15 is 0 Å². The highest BCUT2D eigenvalue weighted by atomic mass is 16.6. The summed E-state index contributed by atoms with van der Waals surface area (Å²) in [6, 6.07) is 4.44. The molecule has 1 amide bonds. The van der Waals surface area contributed by atoms with Crippen LogP contribution in [0.2, 0.25) is 0 Å². The predicted octanol–water partition coefficient (Wildman–Crippen LogP) is 3.28. The average molecular weight is 250 g/mol. The van der Waals surface area contributed by atoms with Crippen LogP contribution in [0.15, 0.2) is 18.2 Å². The second-order valence-electron chi connectivity index (χ2n) is 4.26. The lowest BCUT2D eigenvalue weighted by atomic mass is 10.0. The van der Waals surface area contributed by atoms with Gasteiger partial charge in [0.1, 0.15) is 0 Å². The maximum atomic E-state index is 11.9. The molecule has 1 aromatic rings. The van der Waals surface area contributed by atoms with Gasteiger partial charge in [-0.25, -0.2) is 0 Å². The van der Waals surface area contributed by atoms with Gasteiger partial charge in [0.2, 0.25) is 5.91 Å². The minimum Gasteiger partial charge on any atom is -0.326 e. The van der Waals surface area contributed by atoms with E-state index in [-0.39, 0.29) is 17.5 Å². The van der Waals surface area contributed by atoms with Gasteiger partial charge in [-0.3, -0.25) is 14.9 Å². The second kappa shape index (κ2) is 6.14. The summed E-state index contributed by atoms with van der Waals surface area (Å²) in [5.74, 6) is -0.0449. The van der Waals surface area contributed by atoms with Gasteiger partial charge in [0.25, 0.3) is 5.69 Å². The number of nitro groups is 1. The number of nitrogens with zero attached hydrogens (tertiary/aromatic N) is 1. The highest BCUT2D eigenvalue weighted by Gasteiger charge is 2.16. The van der Waals surface area contributed by atoms with Crippen LogP contribution in [-0.4, -0.2) is 10.8 Å². The molecule has 0 bridgehead atoms. The first-order valence-corrected chi connectivity index (χ1v) is 6.05. The van der Waals surface area contributed by atoms with Crippen molar-refractivity contribution in [3.63, 3.8) is 0 Å². The fraction of sp³-hybridized carbons (Fsp3) is 0.462.